The predicted molar refractivity (Wildman–Crippen MR) is 64.0 cm³/mol. The molecule has 16 heavy (non-hydrogen) atoms. The molecule has 88 valence electrons. The van der Waals surface area contributed by atoms with E-state index in [1.165, 1.54) is 5.56 Å². The van der Waals surface area contributed by atoms with Crippen molar-refractivity contribution in [1.82, 2.24) is 0 Å². The van der Waals surface area contributed by atoms with E-state index in [9.17, 15) is 4.79 Å². The smallest absolute Gasteiger partial charge is 0.217 e. The Hall–Kier alpha value is -1.51. The maximum atomic E-state index is 10.7. The molecule has 1 aromatic rings. The largest absolute Gasteiger partial charge is 0.508 e. The molecular formula is C13H19NO2. The van der Waals surface area contributed by atoms with Crippen LogP contribution in [0, 0.1) is 5.92 Å². The third kappa shape index (κ3) is 4.82. The molecule has 0 heterocycles. The Labute approximate surface area is 96.3 Å². The summed E-state index contributed by atoms with van der Waals surface area (Å²) in [5.41, 5.74) is 6.34. The van der Waals surface area contributed by atoms with Crippen LogP contribution in [0.1, 0.15) is 31.7 Å². The number of carbonyl (C=O) groups excluding carboxylic acids is 1. The van der Waals surface area contributed by atoms with Gasteiger partial charge in [-0.2, -0.15) is 0 Å². The topological polar surface area (TPSA) is 63.3 Å². The normalized spacial score (nSPS) is 12.3. The molecule has 0 spiro atoms. The van der Waals surface area contributed by atoms with Gasteiger partial charge in [-0.15, -0.1) is 0 Å². The first-order chi connectivity index (χ1) is 7.58. The van der Waals surface area contributed by atoms with Gasteiger partial charge < -0.3 is 10.8 Å². The number of aryl methyl sites for hydroxylation is 1. The van der Waals surface area contributed by atoms with Crippen LogP contribution in [-0.4, -0.2) is 11.0 Å². The second-order valence-electron chi connectivity index (χ2n) is 4.33. The zero-order chi connectivity index (χ0) is 12.0. The highest BCUT2D eigenvalue weighted by molar-refractivity contribution is 5.73. The van der Waals surface area contributed by atoms with E-state index in [4.69, 9.17) is 10.8 Å². The van der Waals surface area contributed by atoms with Crippen molar-refractivity contribution in [3.05, 3.63) is 29.8 Å². The monoisotopic (exact) mass is 221 g/mol. The zero-order valence-corrected chi connectivity index (χ0v) is 9.65. The second kappa shape index (κ2) is 6.16. The number of benzene rings is 1. The lowest BCUT2D eigenvalue weighted by atomic mass is 9.98. The number of aromatic hydroxyl groups is 1. The van der Waals surface area contributed by atoms with Crippen LogP contribution in [0.3, 0.4) is 0 Å². The van der Waals surface area contributed by atoms with Crippen molar-refractivity contribution in [2.45, 2.75) is 32.6 Å². The van der Waals surface area contributed by atoms with Crippen molar-refractivity contribution in [3.63, 3.8) is 0 Å². The Kier molecular flexibility index (Phi) is 4.83. The molecule has 1 rings (SSSR count). The van der Waals surface area contributed by atoms with Gasteiger partial charge in [0.15, 0.2) is 0 Å². The van der Waals surface area contributed by atoms with Gasteiger partial charge in [-0.25, -0.2) is 0 Å². The van der Waals surface area contributed by atoms with Crippen LogP contribution in [0.25, 0.3) is 0 Å². The Morgan fingerprint density at radius 2 is 2.00 bits per heavy atom. The van der Waals surface area contributed by atoms with Crippen molar-refractivity contribution < 1.29 is 9.90 Å². The molecule has 1 aromatic carbocycles. The molecule has 0 aliphatic rings. The summed E-state index contributed by atoms with van der Waals surface area (Å²) in [6.45, 7) is 2.04. The van der Waals surface area contributed by atoms with Crippen molar-refractivity contribution in [2.24, 2.45) is 11.7 Å². The van der Waals surface area contributed by atoms with Crippen molar-refractivity contribution in [2.75, 3.05) is 0 Å². The number of nitrogens with two attached hydrogens (primary N) is 1. The van der Waals surface area contributed by atoms with Gasteiger partial charge in [0.2, 0.25) is 5.91 Å². The van der Waals surface area contributed by atoms with Crippen LogP contribution in [0.15, 0.2) is 24.3 Å². The van der Waals surface area contributed by atoms with Crippen LogP contribution < -0.4 is 5.73 Å². The minimum Gasteiger partial charge on any atom is -0.508 e. The summed E-state index contributed by atoms with van der Waals surface area (Å²) in [7, 11) is 0. The molecule has 0 aliphatic carbocycles. The summed E-state index contributed by atoms with van der Waals surface area (Å²) in [4.78, 5) is 10.7. The lowest BCUT2D eigenvalue weighted by Crippen LogP contribution is -2.14. The first-order valence-electron chi connectivity index (χ1n) is 5.64. The van der Waals surface area contributed by atoms with E-state index >= 15 is 0 Å². The van der Waals surface area contributed by atoms with Crippen molar-refractivity contribution in [1.29, 1.82) is 0 Å². The summed E-state index contributed by atoms with van der Waals surface area (Å²) in [5, 5.41) is 9.12. The standard InChI is InChI=1S/C13H19NO2/c1-10(9-13(14)16)3-2-4-11-5-7-12(15)8-6-11/h5-8,10,15H,2-4,9H2,1H3,(H2,14,16). The quantitative estimate of drug-likeness (QED) is 0.773. The van der Waals surface area contributed by atoms with Crippen LogP contribution in [0.4, 0.5) is 0 Å². The molecule has 0 aromatic heterocycles. The third-order valence-corrected chi connectivity index (χ3v) is 2.65. The van der Waals surface area contributed by atoms with Crippen LogP contribution in [-0.2, 0) is 11.2 Å². The van der Waals surface area contributed by atoms with E-state index in [0.29, 0.717) is 18.1 Å². The summed E-state index contributed by atoms with van der Waals surface area (Å²) in [6.07, 6.45) is 3.49. The van der Waals surface area contributed by atoms with E-state index in [1.54, 1.807) is 12.1 Å². The fourth-order valence-electron chi connectivity index (χ4n) is 1.76. The van der Waals surface area contributed by atoms with Gasteiger partial charge in [0.1, 0.15) is 5.75 Å². The number of phenolic OH excluding ortho intramolecular Hbond substituents is 1. The van der Waals surface area contributed by atoms with Gasteiger partial charge in [0, 0.05) is 6.42 Å². The number of phenols is 1. The van der Waals surface area contributed by atoms with Crippen LogP contribution >= 0.6 is 0 Å². The van der Waals surface area contributed by atoms with E-state index in [1.807, 2.05) is 19.1 Å². The fourth-order valence-corrected chi connectivity index (χ4v) is 1.76. The van der Waals surface area contributed by atoms with E-state index in [0.717, 1.165) is 19.3 Å². The van der Waals surface area contributed by atoms with Gasteiger partial charge in [-0.05, 0) is 42.9 Å². The SMILES string of the molecule is CC(CCCc1ccc(O)cc1)CC(N)=O. The molecule has 0 fully saturated rings. The Balaban J connectivity index is 2.25. The number of hydrogen-bond acceptors (Lipinski definition) is 2. The van der Waals surface area contributed by atoms with Gasteiger partial charge in [0.25, 0.3) is 0 Å². The molecule has 0 bridgehead atoms. The average molecular weight is 221 g/mol. The zero-order valence-electron chi connectivity index (χ0n) is 9.65. The molecule has 3 heteroatoms. The van der Waals surface area contributed by atoms with Gasteiger partial charge >= 0.3 is 0 Å². The van der Waals surface area contributed by atoms with E-state index in [2.05, 4.69) is 0 Å². The molecular weight excluding hydrogens is 202 g/mol. The van der Waals surface area contributed by atoms with Gasteiger partial charge in [-0.3, -0.25) is 4.79 Å². The van der Waals surface area contributed by atoms with Gasteiger partial charge in [0.05, 0.1) is 0 Å². The number of primary amides is 1. The molecule has 0 radical (unpaired) electrons. The highest BCUT2D eigenvalue weighted by atomic mass is 16.3. The highest BCUT2D eigenvalue weighted by Gasteiger charge is 2.05. The predicted octanol–water partition coefficient (Wildman–Crippen LogP) is 2.23. The summed E-state index contributed by atoms with van der Waals surface area (Å²) < 4.78 is 0. The number of hydrogen-bond donors (Lipinski definition) is 2. The number of carbonyl (C=O) groups is 1. The lowest BCUT2D eigenvalue weighted by Gasteiger charge is -2.08. The molecule has 1 amide bonds. The molecule has 3 nitrogen and oxygen atoms in total. The first-order valence-corrected chi connectivity index (χ1v) is 5.64. The van der Waals surface area contributed by atoms with Crippen LogP contribution in [0.2, 0.25) is 0 Å². The first kappa shape index (κ1) is 12.6. The fraction of sp³-hybridized carbons (Fsp3) is 0.462. The Morgan fingerprint density at radius 1 is 1.38 bits per heavy atom. The lowest BCUT2D eigenvalue weighted by molar-refractivity contribution is -0.118. The highest BCUT2D eigenvalue weighted by Crippen LogP contribution is 2.15. The van der Waals surface area contributed by atoms with Crippen molar-refractivity contribution in [3.8, 4) is 5.75 Å². The Bertz CT molecular complexity index is 332. The maximum absolute atomic E-state index is 10.7. The molecule has 1 unspecified atom stereocenters. The Morgan fingerprint density at radius 3 is 2.56 bits per heavy atom. The van der Waals surface area contributed by atoms with Crippen LogP contribution in [0.5, 0.6) is 5.75 Å². The summed E-state index contributed by atoms with van der Waals surface area (Å²) >= 11 is 0. The molecule has 0 saturated carbocycles. The molecule has 0 aliphatic heterocycles. The summed E-state index contributed by atoms with van der Waals surface area (Å²) in [5.74, 6) is 0.428. The molecule has 1 atom stereocenters. The molecule has 3 N–H and O–H groups in total. The van der Waals surface area contributed by atoms with Gasteiger partial charge in [-0.1, -0.05) is 19.1 Å². The minimum absolute atomic E-state index is 0.225. The van der Waals surface area contributed by atoms with Crippen molar-refractivity contribution >= 4 is 5.91 Å². The molecule has 0 saturated heterocycles. The number of rotatable bonds is 6. The third-order valence-electron chi connectivity index (χ3n) is 2.65. The minimum atomic E-state index is -0.225. The second-order valence-corrected chi connectivity index (χ2v) is 4.33. The summed E-state index contributed by atoms with van der Waals surface area (Å²) in [6, 6.07) is 7.24. The average Bonchev–Trinajstić information content (AvgIpc) is 2.20. The number of amides is 1. The van der Waals surface area contributed by atoms with E-state index in [-0.39, 0.29) is 5.91 Å². The van der Waals surface area contributed by atoms with E-state index < -0.39 is 0 Å². The maximum Gasteiger partial charge on any atom is 0.217 e.